The number of hydrogen-bond donors (Lipinski definition) is 0. The van der Waals surface area contributed by atoms with E-state index in [-0.39, 0.29) is 0 Å². The molecular weight excluding hydrogens is 332 g/mol. The molecule has 0 spiro atoms. The van der Waals surface area contributed by atoms with Crippen molar-refractivity contribution in [3.8, 4) is 0 Å². The Balaban J connectivity index is 1.37. The summed E-state index contributed by atoms with van der Waals surface area (Å²) in [4.78, 5) is 12.3. The molecule has 0 amide bonds. The molecule has 0 unspecified atom stereocenters. The van der Waals surface area contributed by atoms with Crippen molar-refractivity contribution >= 4 is 10.9 Å². The zero-order valence-corrected chi connectivity index (χ0v) is 16.2. The van der Waals surface area contributed by atoms with Crippen molar-refractivity contribution in [1.29, 1.82) is 0 Å². The van der Waals surface area contributed by atoms with Crippen LogP contribution in [0.5, 0.6) is 0 Å². The maximum absolute atomic E-state index is 5.04. The molecule has 3 heterocycles. The van der Waals surface area contributed by atoms with Crippen LogP contribution in [0, 0.1) is 0 Å². The number of hydrogen-bond acceptors (Lipinski definition) is 3. The van der Waals surface area contributed by atoms with Crippen LogP contribution in [-0.2, 0) is 26.6 Å². The number of benzene rings is 1. The van der Waals surface area contributed by atoms with Gasteiger partial charge in [0.15, 0.2) is 0 Å². The topological polar surface area (TPSA) is 34.0 Å². The van der Waals surface area contributed by atoms with Gasteiger partial charge in [0.1, 0.15) is 5.82 Å². The van der Waals surface area contributed by atoms with Gasteiger partial charge in [0, 0.05) is 55.9 Å². The Morgan fingerprint density at radius 3 is 2.85 bits per heavy atom. The normalized spacial score (nSPS) is 18.7. The third-order valence-electron chi connectivity index (χ3n) is 6.39. The van der Waals surface area contributed by atoms with Crippen molar-refractivity contribution < 1.29 is 0 Å². The molecule has 4 heteroatoms. The third-order valence-corrected chi connectivity index (χ3v) is 6.39. The molecule has 4 nitrogen and oxygen atoms in total. The van der Waals surface area contributed by atoms with Gasteiger partial charge in [-0.1, -0.05) is 37.5 Å². The van der Waals surface area contributed by atoms with Gasteiger partial charge < -0.3 is 4.57 Å². The summed E-state index contributed by atoms with van der Waals surface area (Å²) >= 11 is 0. The molecule has 0 atom stereocenters. The number of para-hydroxylation sites is 1. The number of rotatable bonds is 3. The Labute approximate surface area is 161 Å². The lowest BCUT2D eigenvalue weighted by molar-refractivity contribution is 0.241. The van der Waals surface area contributed by atoms with Crippen LogP contribution >= 0.6 is 0 Å². The molecule has 5 rings (SSSR count). The van der Waals surface area contributed by atoms with Gasteiger partial charge in [0.25, 0.3) is 0 Å². The smallest absolute Gasteiger partial charge is 0.131 e. The highest BCUT2D eigenvalue weighted by Crippen LogP contribution is 2.31. The fraction of sp³-hybridized carbons (Fsp3) is 0.478. The molecule has 1 saturated carbocycles. The van der Waals surface area contributed by atoms with E-state index >= 15 is 0 Å². The second-order valence-electron chi connectivity index (χ2n) is 8.28. The molecule has 1 aliphatic heterocycles. The molecule has 2 aromatic heterocycles. The summed E-state index contributed by atoms with van der Waals surface area (Å²) in [5.41, 5.74) is 5.34. The summed E-state index contributed by atoms with van der Waals surface area (Å²) in [5.74, 6) is 1.68. The summed E-state index contributed by atoms with van der Waals surface area (Å²) in [6, 6.07) is 8.70. The van der Waals surface area contributed by atoms with Crippen molar-refractivity contribution in [2.45, 2.75) is 57.5 Å². The molecule has 0 saturated heterocycles. The van der Waals surface area contributed by atoms with Gasteiger partial charge >= 0.3 is 0 Å². The zero-order chi connectivity index (χ0) is 18.2. The highest BCUT2D eigenvalue weighted by atomic mass is 15.1. The van der Waals surface area contributed by atoms with Gasteiger partial charge in [-0.2, -0.15) is 0 Å². The first kappa shape index (κ1) is 16.9. The summed E-state index contributed by atoms with van der Waals surface area (Å²) < 4.78 is 2.24. The lowest BCUT2D eigenvalue weighted by Crippen LogP contribution is -2.31. The second-order valence-corrected chi connectivity index (χ2v) is 8.28. The molecule has 27 heavy (non-hydrogen) atoms. The minimum Gasteiger partial charge on any atom is -0.350 e. The van der Waals surface area contributed by atoms with Gasteiger partial charge in [-0.15, -0.1) is 0 Å². The third kappa shape index (κ3) is 3.27. The number of fused-ring (bicyclic) bond motifs is 2. The van der Waals surface area contributed by atoms with E-state index in [1.54, 1.807) is 0 Å². The standard InChI is InChI=1S/C23H28N4/c1-26-14-19(20-9-5-6-10-22(20)26)15-27-12-11-18-13-24-23(25-21(18)16-27)17-7-3-2-4-8-17/h5-6,9-10,13-14,17H,2-4,7-8,11-12,15-16H2,1H3. The van der Waals surface area contributed by atoms with Crippen LogP contribution < -0.4 is 0 Å². The van der Waals surface area contributed by atoms with Crippen LogP contribution in [0.1, 0.15) is 60.7 Å². The highest BCUT2D eigenvalue weighted by molar-refractivity contribution is 5.83. The van der Waals surface area contributed by atoms with E-state index in [1.165, 1.54) is 59.8 Å². The SMILES string of the molecule is Cn1cc(CN2CCc3cnc(C4CCCCC4)nc3C2)c2ccccc21. The molecular formula is C23H28N4. The first-order valence-electron chi connectivity index (χ1n) is 10.4. The fourth-order valence-electron chi connectivity index (χ4n) is 4.86. The van der Waals surface area contributed by atoms with Crippen LogP contribution in [-0.4, -0.2) is 26.0 Å². The van der Waals surface area contributed by atoms with Gasteiger partial charge in [-0.3, -0.25) is 4.90 Å². The predicted octanol–water partition coefficient (Wildman–Crippen LogP) is 4.57. The van der Waals surface area contributed by atoms with Crippen molar-refractivity contribution in [1.82, 2.24) is 19.4 Å². The van der Waals surface area contributed by atoms with Crippen molar-refractivity contribution in [2.24, 2.45) is 7.05 Å². The molecule has 1 aliphatic carbocycles. The molecule has 2 aliphatic rings. The Bertz CT molecular complexity index is 952. The molecule has 3 aromatic rings. The summed E-state index contributed by atoms with van der Waals surface area (Å²) in [6.45, 7) is 3.02. The Morgan fingerprint density at radius 1 is 1.11 bits per heavy atom. The minimum atomic E-state index is 0.581. The van der Waals surface area contributed by atoms with Crippen LogP contribution in [0.15, 0.2) is 36.7 Å². The zero-order valence-electron chi connectivity index (χ0n) is 16.2. The molecule has 0 bridgehead atoms. The summed E-state index contributed by atoms with van der Waals surface area (Å²) in [7, 11) is 2.14. The Hall–Kier alpha value is -2.20. The van der Waals surface area contributed by atoms with Crippen LogP contribution in [0.25, 0.3) is 10.9 Å². The summed E-state index contributed by atoms with van der Waals surface area (Å²) in [6.07, 6.45) is 12.0. The monoisotopic (exact) mass is 360 g/mol. The van der Waals surface area contributed by atoms with E-state index in [0.717, 1.165) is 31.9 Å². The Morgan fingerprint density at radius 2 is 1.96 bits per heavy atom. The number of aryl methyl sites for hydroxylation is 1. The Kier molecular flexibility index (Phi) is 4.44. The van der Waals surface area contributed by atoms with Crippen molar-refractivity contribution in [3.63, 3.8) is 0 Å². The average Bonchev–Trinajstić information content (AvgIpc) is 3.04. The van der Waals surface area contributed by atoms with Crippen molar-refractivity contribution in [2.75, 3.05) is 6.54 Å². The van der Waals surface area contributed by atoms with Crippen molar-refractivity contribution in [3.05, 3.63) is 59.3 Å². The highest BCUT2D eigenvalue weighted by Gasteiger charge is 2.23. The van der Waals surface area contributed by atoms with E-state index in [4.69, 9.17) is 9.97 Å². The van der Waals surface area contributed by atoms with E-state index in [2.05, 4.69) is 53.2 Å². The fourth-order valence-corrected chi connectivity index (χ4v) is 4.86. The van der Waals surface area contributed by atoms with E-state index in [1.807, 2.05) is 0 Å². The predicted molar refractivity (Wildman–Crippen MR) is 109 cm³/mol. The lowest BCUT2D eigenvalue weighted by atomic mass is 9.88. The molecule has 140 valence electrons. The second kappa shape index (κ2) is 7.08. The van der Waals surface area contributed by atoms with Gasteiger partial charge in [-0.05, 0) is 36.5 Å². The molecule has 0 radical (unpaired) electrons. The molecule has 1 fully saturated rings. The van der Waals surface area contributed by atoms with E-state index in [9.17, 15) is 0 Å². The van der Waals surface area contributed by atoms with Gasteiger partial charge in [-0.25, -0.2) is 9.97 Å². The maximum atomic E-state index is 5.04. The first-order valence-corrected chi connectivity index (χ1v) is 10.4. The summed E-state index contributed by atoms with van der Waals surface area (Å²) in [5, 5.41) is 1.37. The first-order chi connectivity index (χ1) is 13.3. The van der Waals surface area contributed by atoms with Crippen LogP contribution in [0.3, 0.4) is 0 Å². The minimum absolute atomic E-state index is 0.581. The van der Waals surface area contributed by atoms with E-state index in [0.29, 0.717) is 5.92 Å². The number of aromatic nitrogens is 3. The average molecular weight is 361 g/mol. The molecule has 1 aromatic carbocycles. The van der Waals surface area contributed by atoms with Gasteiger partial charge in [0.2, 0.25) is 0 Å². The quantitative estimate of drug-likeness (QED) is 0.686. The number of nitrogens with zero attached hydrogens (tertiary/aromatic N) is 4. The molecule has 0 N–H and O–H groups in total. The largest absolute Gasteiger partial charge is 0.350 e. The lowest BCUT2D eigenvalue weighted by Gasteiger charge is -2.29. The maximum Gasteiger partial charge on any atom is 0.131 e. The van der Waals surface area contributed by atoms with Crippen LogP contribution in [0.2, 0.25) is 0 Å². The van der Waals surface area contributed by atoms with Gasteiger partial charge in [0.05, 0.1) is 5.69 Å². The van der Waals surface area contributed by atoms with Crippen LogP contribution in [0.4, 0.5) is 0 Å². The van der Waals surface area contributed by atoms with E-state index < -0.39 is 0 Å².